The lowest BCUT2D eigenvalue weighted by Crippen LogP contribution is -2.50. The maximum absolute atomic E-state index is 12.6. The van der Waals surface area contributed by atoms with Gasteiger partial charge in [0.2, 0.25) is 5.91 Å². The van der Waals surface area contributed by atoms with Crippen LogP contribution in [0, 0.1) is 0 Å². The number of amides is 2. The average Bonchev–Trinajstić information content (AvgIpc) is 3.07. The molecule has 1 aliphatic rings. The lowest BCUT2D eigenvalue weighted by molar-refractivity contribution is -0.128. The zero-order valence-corrected chi connectivity index (χ0v) is 15.3. The van der Waals surface area contributed by atoms with E-state index in [4.69, 9.17) is 16.3 Å². The summed E-state index contributed by atoms with van der Waals surface area (Å²) in [5.41, 5.74) is 2.12. The molecule has 0 bridgehead atoms. The first-order chi connectivity index (χ1) is 13.0. The van der Waals surface area contributed by atoms with E-state index in [0.29, 0.717) is 22.2 Å². The Balaban J connectivity index is 1.47. The van der Waals surface area contributed by atoms with Gasteiger partial charge in [-0.25, -0.2) is 4.98 Å². The van der Waals surface area contributed by atoms with Crippen LogP contribution in [0.3, 0.4) is 0 Å². The van der Waals surface area contributed by atoms with Gasteiger partial charge in [-0.05, 0) is 24.3 Å². The molecule has 1 aromatic carbocycles. The van der Waals surface area contributed by atoms with Gasteiger partial charge in [0, 0.05) is 19.3 Å². The molecule has 1 N–H and O–H groups in total. The zero-order valence-electron chi connectivity index (χ0n) is 14.6. The molecule has 2 aromatic heterocycles. The van der Waals surface area contributed by atoms with Crippen LogP contribution in [-0.2, 0) is 16.1 Å². The molecule has 2 amide bonds. The van der Waals surface area contributed by atoms with Crippen molar-refractivity contribution in [1.29, 1.82) is 0 Å². The van der Waals surface area contributed by atoms with Crippen molar-refractivity contribution in [3.63, 3.8) is 0 Å². The quantitative estimate of drug-likeness (QED) is 0.752. The lowest BCUT2D eigenvalue weighted by Gasteiger charge is -2.33. The molecular formula is C19H17ClN4O3. The molecule has 8 heteroatoms. The van der Waals surface area contributed by atoms with Gasteiger partial charge in [-0.3, -0.25) is 9.59 Å². The largest absolute Gasteiger partial charge is 0.477 e. The molecule has 7 nitrogen and oxygen atoms in total. The highest BCUT2D eigenvalue weighted by Crippen LogP contribution is 2.33. The van der Waals surface area contributed by atoms with Crippen molar-refractivity contribution < 1.29 is 14.3 Å². The van der Waals surface area contributed by atoms with Crippen LogP contribution in [0.1, 0.15) is 12.6 Å². The van der Waals surface area contributed by atoms with Gasteiger partial charge in [-0.2, -0.15) is 0 Å². The number of benzene rings is 1. The Kier molecular flexibility index (Phi) is 4.45. The number of carbonyl (C=O) groups is 2. The summed E-state index contributed by atoms with van der Waals surface area (Å²) < 4.78 is 7.59. The summed E-state index contributed by atoms with van der Waals surface area (Å²) in [6.07, 6.45) is 2.77. The average molecular weight is 385 g/mol. The first kappa shape index (κ1) is 17.4. The maximum atomic E-state index is 12.6. The number of hydrogen-bond donors (Lipinski definition) is 1. The molecule has 1 atom stereocenters. The molecule has 0 saturated heterocycles. The molecule has 0 radical (unpaired) electrons. The van der Waals surface area contributed by atoms with E-state index in [1.807, 2.05) is 6.07 Å². The highest BCUT2D eigenvalue weighted by atomic mass is 35.5. The van der Waals surface area contributed by atoms with Gasteiger partial charge < -0.3 is 19.4 Å². The number of fused-ring (bicyclic) bond motifs is 2. The first-order valence-corrected chi connectivity index (χ1v) is 8.84. The fraction of sp³-hybridized carbons (Fsp3) is 0.211. The summed E-state index contributed by atoms with van der Waals surface area (Å²) in [6, 6.07) is 10.7. The number of para-hydroxylation sites is 2. The highest BCUT2D eigenvalue weighted by molar-refractivity contribution is 6.30. The van der Waals surface area contributed by atoms with Crippen molar-refractivity contribution in [3.8, 4) is 5.75 Å². The molecule has 0 unspecified atom stereocenters. The standard InChI is InChI=1S/C19H17ClN4O3/c1-12(25)24-11-17(27-16-5-3-2-4-15(16)24)19(26)21-8-14-10-23-9-13(20)6-7-18(23)22-14/h2-7,9-10,17H,8,11H2,1H3,(H,21,26)/t17-/m1/s1. The Hall–Kier alpha value is -3.06. The summed E-state index contributed by atoms with van der Waals surface area (Å²) in [5.74, 6) is 0.0769. The second-order valence-electron chi connectivity index (χ2n) is 6.27. The number of anilines is 1. The van der Waals surface area contributed by atoms with E-state index in [0.717, 1.165) is 5.65 Å². The monoisotopic (exact) mass is 384 g/mol. The minimum absolute atomic E-state index is 0.138. The molecule has 27 heavy (non-hydrogen) atoms. The number of pyridine rings is 1. The Morgan fingerprint density at radius 1 is 1.26 bits per heavy atom. The van der Waals surface area contributed by atoms with E-state index >= 15 is 0 Å². The third kappa shape index (κ3) is 3.46. The molecule has 3 aromatic rings. The van der Waals surface area contributed by atoms with Crippen LogP contribution in [0.5, 0.6) is 5.75 Å². The van der Waals surface area contributed by atoms with Crippen LogP contribution in [-0.4, -0.2) is 33.8 Å². The topological polar surface area (TPSA) is 75.9 Å². The van der Waals surface area contributed by atoms with Crippen LogP contribution in [0.2, 0.25) is 5.02 Å². The fourth-order valence-corrected chi connectivity index (χ4v) is 3.23. The van der Waals surface area contributed by atoms with Crippen molar-refractivity contribution in [1.82, 2.24) is 14.7 Å². The number of rotatable bonds is 3. The number of nitrogens with zero attached hydrogens (tertiary/aromatic N) is 3. The van der Waals surface area contributed by atoms with E-state index in [2.05, 4.69) is 10.3 Å². The van der Waals surface area contributed by atoms with Crippen LogP contribution >= 0.6 is 11.6 Å². The number of ether oxygens (including phenoxy) is 1. The van der Waals surface area contributed by atoms with Crippen molar-refractivity contribution >= 4 is 34.7 Å². The minimum atomic E-state index is -0.782. The van der Waals surface area contributed by atoms with Gasteiger partial charge in [0.05, 0.1) is 29.5 Å². The van der Waals surface area contributed by atoms with Crippen molar-refractivity contribution in [2.24, 2.45) is 0 Å². The molecule has 0 spiro atoms. The summed E-state index contributed by atoms with van der Waals surface area (Å²) in [7, 11) is 0. The van der Waals surface area contributed by atoms with Crippen LogP contribution in [0.4, 0.5) is 5.69 Å². The van der Waals surface area contributed by atoms with Crippen LogP contribution in [0.25, 0.3) is 5.65 Å². The molecule has 0 aliphatic carbocycles. The Labute approximate surface area is 160 Å². The summed E-state index contributed by atoms with van der Waals surface area (Å²) in [6.45, 7) is 1.89. The number of aromatic nitrogens is 2. The van der Waals surface area contributed by atoms with Crippen LogP contribution in [0.15, 0.2) is 48.8 Å². The van der Waals surface area contributed by atoms with Crippen LogP contribution < -0.4 is 15.0 Å². The van der Waals surface area contributed by atoms with Crippen molar-refractivity contribution in [2.75, 3.05) is 11.4 Å². The molecule has 138 valence electrons. The number of halogens is 1. The smallest absolute Gasteiger partial charge is 0.263 e. The molecule has 1 aliphatic heterocycles. The summed E-state index contributed by atoms with van der Waals surface area (Å²) in [4.78, 5) is 30.5. The second kappa shape index (κ2) is 6.92. The van der Waals surface area contributed by atoms with E-state index in [1.165, 1.54) is 6.92 Å². The molecule has 0 fully saturated rings. The van der Waals surface area contributed by atoms with Gasteiger partial charge in [-0.1, -0.05) is 23.7 Å². The third-order valence-electron chi connectivity index (χ3n) is 4.35. The predicted molar refractivity (Wildman–Crippen MR) is 101 cm³/mol. The van der Waals surface area contributed by atoms with Gasteiger partial charge in [-0.15, -0.1) is 0 Å². The van der Waals surface area contributed by atoms with E-state index in [-0.39, 0.29) is 24.9 Å². The number of imidazole rings is 1. The van der Waals surface area contributed by atoms with Crippen molar-refractivity contribution in [2.45, 2.75) is 19.6 Å². The first-order valence-electron chi connectivity index (χ1n) is 8.46. The minimum Gasteiger partial charge on any atom is -0.477 e. The Morgan fingerprint density at radius 2 is 2.07 bits per heavy atom. The molecule has 0 saturated carbocycles. The predicted octanol–water partition coefficient (Wildman–Crippen LogP) is 2.42. The summed E-state index contributed by atoms with van der Waals surface area (Å²) in [5, 5.41) is 3.43. The maximum Gasteiger partial charge on any atom is 0.263 e. The fourth-order valence-electron chi connectivity index (χ4n) is 3.06. The zero-order chi connectivity index (χ0) is 19.0. The van der Waals surface area contributed by atoms with Gasteiger partial charge >= 0.3 is 0 Å². The third-order valence-corrected chi connectivity index (χ3v) is 4.58. The number of hydrogen-bond acceptors (Lipinski definition) is 4. The highest BCUT2D eigenvalue weighted by Gasteiger charge is 2.32. The molecule has 3 heterocycles. The van der Waals surface area contributed by atoms with E-state index in [1.54, 1.807) is 52.0 Å². The van der Waals surface area contributed by atoms with E-state index < -0.39 is 6.10 Å². The Bertz CT molecular complexity index is 1030. The molecule has 4 rings (SSSR count). The second-order valence-corrected chi connectivity index (χ2v) is 6.70. The Morgan fingerprint density at radius 3 is 2.89 bits per heavy atom. The molecular weight excluding hydrogens is 368 g/mol. The SMILES string of the molecule is CC(=O)N1C[C@H](C(=O)NCc2cn3cc(Cl)ccc3n2)Oc2ccccc21. The van der Waals surface area contributed by atoms with E-state index in [9.17, 15) is 9.59 Å². The lowest BCUT2D eigenvalue weighted by atomic mass is 10.1. The summed E-state index contributed by atoms with van der Waals surface area (Å²) >= 11 is 5.97. The van der Waals surface area contributed by atoms with Gasteiger partial charge in [0.1, 0.15) is 11.4 Å². The van der Waals surface area contributed by atoms with Gasteiger partial charge in [0.25, 0.3) is 5.91 Å². The van der Waals surface area contributed by atoms with Crippen molar-refractivity contribution in [3.05, 3.63) is 59.5 Å². The normalized spacial score (nSPS) is 15.9. The number of nitrogens with one attached hydrogen (secondary N) is 1. The number of carbonyl (C=O) groups excluding carboxylic acids is 2. The van der Waals surface area contributed by atoms with Gasteiger partial charge in [0.15, 0.2) is 6.10 Å².